The Balaban J connectivity index is 1.85. The molecule has 3 rings (SSSR count). The third-order valence-corrected chi connectivity index (χ3v) is 4.90. The minimum atomic E-state index is 0.273. The van der Waals surface area contributed by atoms with Crippen LogP contribution >= 0.6 is 23.2 Å². The largest absolute Gasteiger partial charge is 0.313 e. The number of fused-ring (bicyclic) bond motifs is 1. The molecule has 0 aliphatic heterocycles. The maximum absolute atomic E-state index is 6.30. The first-order chi connectivity index (χ1) is 10.2. The van der Waals surface area contributed by atoms with E-state index in [-0.39, 0.29) is 6.04 Å². The van der Waals surface area contributed by atoms with Gasteiger partial charge in [-0.3, -0.25) is 0 Å². The van der Waals surface area contributed by atoms with E-state index in [2.05, 4.69) is 23.5 Å². The lowest BCUT2D eigenvalue weighted by Gasteiger charge is -2.19. The molecule has 0 fully saturated rings. The van der Waals surface area contributed by atoms with Crippen molar-refractivity contribution in [2.75, 3.05) is 7.05 Å². The van der Waals surface area contributed by atoms with Crippen LogP contribution in [-0.4, -0.2) is 7.05 Å². The fourth-order valence-electron chi connectivity index (χ4n) is 3.10. The smallest absolute Gasteiger partial charge is 0.0453 e. The highest BCUT2D eigenvalue weighted by molar-refractivity contribution is 6.35. The van der Waals surface area contributed by atoms with Crippen molar-refractivity contribution < 1.29 is 0 Å². The Bertz CT molecular complexity index is 652. The van der Waals surface area contributed by atoms with Gasteiger partial charge in [-0.05, 0) is 67.1 Å². The molecule has 0 amide bonds. The Morgan fingerprint density at radius 2 is 1.86 bits per heavy atom. The zero-order chi connectivity index (χ0) is 14.8. The second-order valence-electron chi connectivity index (χ2n) is 5.66. The number of hydrogen-bond donors (Lipinski definition) is 1. The number of nitrogens with one attached hydrogen (secondary N) is 1. The molecule has 1 unspecified atom stereocenters. The van der Waals surface area contributed by atoms with Gasteiger partial charge in [0, 0.05) is 16.1 Å². The molecule has 2 aromatic rings. The highest BCUT2D eigenvalue weighted by Crippen LogP contribution is 2.29. The van der Waals surface area contributed by atoms with Gasteiger partial charge in [-0.2, -0.15) is 0 Å². The molecule has 110 valence electrons. The van der Waals surface area contributed by atoms with Gasteiger partial charge in [0.05, 0.1) is 0 Å². The summed E-state index contributed by atoms with van der Waals surface area (Å²) in [6.45, 7) is 0. The van der Waals surface area contributed by atoms with Gasteiger partial charge in [-0.25, -0.2) is 0 Å². The molecule has 0 aromatic heterocycles. The number of likely N-dealkylation sites (N-methyl/N-ethyl adjacent to an activating group) is 1. The van der Waals surface area contributed by atoms with Crippen molar-refractivity contribution in [3.63, 3.8) is 0 Å². The summed E-state index contributed by atoms with van der Waals surface area (Å²) in [5, 5.41) is 4.83. The fraction of sp³-hybridized carbons (Fsp3) is 0.333. The Hall–Kier alpha value is -1.02. The summed E-state index contributed by atoms with van der Waals surface area (Å²) in [5.41, 5.74) is 5.48. The zero-order valence-corrected chi connectivity index (χ0v) is 13.6. The van der Waals surface area contributed by atoms with Gasteiger partial charge in [0.2, 0.25) is 0 Å². The van der Waals surface area contributed by atoms with Crippen molar-refractivity contribution in [3.05, 3.63) is 68.7 Å². The second-order valence-corrected chi connectivity index (χ2v) is 6.51. The molecule has 1 aliphatic carbocycles. The average Bonchev–Trinajstić information content (AvgIpc) is 2.94. The van der Waals surface area contributed by atoms with Gasteiger partial charge in [0.25, 0.3) is 0 Å². The van der Waals surface area contributed by atoms with Crippen molar-refractivity contribution in [1.82, 2.24) is 5.32 Å². The molecular formula is C18H19Cl2N. The molecule has 1 atom stereocenters. The van der Waals surface area contributed by atoms with E-state index in [4.69, 9.17) is 23.2 Å². The van der Waals surface area contributed by atoms with Crippen molar-refractivity contribution in [2.45, 2.75) is 31.7 Å². The first kappa shape index (κ1) is 14.9. The van der Waals surface area contributed by atoms with E-state index in [1.807, 2.05) is 25.2 Å². The van der Waals surface area contributed by atoms with Gasteiger partial charge in [0.1, 0.15) is 0 Å². The summed E-state index contributed by atoms with van der Waals surface area (Å²) in [7, 11) is 2.00. The minimum Gasteiger partial charge on any atom is -0.313 e. The summed E-state index contributed by atoms with van der Waals surface area (Å²) in [5.74, 6) is 0. The second kappa shape index (κ2) is 6.39. The Morgan fingerprint density at radius 3 is 2.62 bits per heavy atom. The molecule has 0 radical (unpaired) electrons. The molecule has 0 saturated carbocycles. The zero-order valence-electron chi connectivity index (χ0n) is 12.1. The topological polar surface area (TPSA) is 12.0 Å². The third kappa shape index (κ3) is 3.26. The van der Waals surface area contributed by atoms with Crippen molar-refractivity contribution in [1.29, 1.82) is 0 Å². The summed E-state index contributed by atoms with van der Waals surface area (Å²) in [6.07, 6.45) is 4.58. The summed E-state index contributed by atoms with van der Waals surface area (Å²) in [4.78, 5) is 0. The molecule has 0 bridgehead atoms. The van der Waals surface area contributed by atoms with E-state index in [9.17, 15) is 0 Å². The average molecular weight is 320 g/mol. The number of halogens is 2. The van der Waals surface area contributed by atoms with Crippen LogP contribution in [0.3, 0.4) is 0 Å². The monoisotopic (exact) mass is 319 g/mol. The lowest BCUT2D eigenvalue weighted by Crippen LogP contribution is -2.19. The van der Waals surface area contributed by atoms with Crippen LogP contribution in [0.15, 0.2) is 36.4 Å². The van der Waals surface area contributed by atoms with Crippen molar-refractivity contribution >= 4 is 23.2 Å². The van der Waals surface area contributed by atoms with E-state index in [1.54, 1.807) is 0 Å². The first-order valence-electron chi connectivity index (χ1n) is 7.40. The number of rotatable bonds is 4. The molecule has 3 heteroatoms. The summed E-state index contributed by atoms with van der Waals surface area (Å²) < 4.78 is 0. The molecule has 2 aromatic carbocycles. The van der Waals surface area contributed by atoms with E-state index >= 15 is 0 Å². The van der Waals surface area contributed by atoms with Crippen molar-refractivity contribution in [2.24, 2.45) is 0 Å². The lowest BCUT2D eigenvalue weighted by atomic mass is 9.96. The van der Waals surface area contributed by atoms with E-state index in [1.165, 1.54) is 36.0 Å². The van der Waals surface area contributed by atoms with Crippen LogP contribution in [0.2, 0.25) is 10.0 Å². The van der Waals surface area contributed by atoms with Gasteiger partial charge < -0.3 is 5.32 Å². The summed E-state index contributed by atoms with van der Waals surface area (Å²) in [6, 6.07) is 12.9. The SMILES string of the molecule is CNC(Cc1ccc(Cl)cc1Cl)c1ccc2c(c1)CCC2. The normalized spacial score (nSPS) is 15.0. The van der Waals surface area contributed by atoms with Crippen LogP contribution in [0.1, 0.15) is 34.7 Å². The van der Waals surface area contributed by atoms with Crippen LogP contribution in [-0.2, 0) is 19.3 Å². The predicted molar refractivity (Wildman–Crippen MR) is 90.4 cm³/mol. The Morgan fingerprint density at radius 1 is 1.05 bits per heavy atom. The fourth-order valence-corrected chi connectivity index (χ4v) is 3.59. The van der Waals surface area contributed by atoms with Crippen LogP contribution < -0.4 is 5.32 Å². The molecule has 1 aliphatic rings. The van der Waals surface area contributed by atoms with Crippen molar-refractivity contribution in [3.8, 4) is 0 Å². The molecular weight excluding hydrogens is 301 g/mol. The van der Waals surface area contributed by atoms with Gasteiger partial charge in [-0.15, -0.1) is 0 Å². The predicted octanol–water partition coefficient (Wildman–Crippen LogP) is 4.99. The number of benzene rings is 2. The third-order valence-electron chi connectivity index (χ3n) is 4.31. The highest BCUT2D eigenvalue weighted by Gasteiger charge is 2.16. The molecule has 0 heterocycles. The minimum absolute atomic E-state index is 0.273. The van der Waals surface area contributed by atoms with Gasteiger partial charge in [0.15, 0.2) is 0 Å². The Labute approximate surface area is 136 Å². The van der Waals surface area contributed by atoms with E-state index < -0.39 is 0 Å². The molecule has 0 spiro atoms. The molecule has 1 N–H and O–H groups in total. The van der Waals surface area contributed by atoms with Crippen LogP contribution in [0.5, 0.6) is 0 Å². The highest BCUT2D eigenvalue weighted by atomic mass is 35.5. The van der Waals surface area contributed by atoms with Gasteiger partial charge in [-0.1, -0.05) is 47.5 Å². The first-order valence-corrected chi connectivity index (χ1v) is 8.16. The van der Waals surface area contributed by atoms with Crippen LogP contribution in [0.25, 0.3) is 0 Å². The maximum Gasteiger partial charge on any atom is 0.0453 e. The standard InChI is InChI=1S/C18H19Cl2N/c1-21-18(10-14-7-8-16(19)11-17(14)20)15-6-5-12-3-2-4-13(12)9-15/h5-9,11,18,21H,2-4,10H2,1H3. The van der Waals surface area contributed by atoms with Crippen LogP contribution in [0, 0.1) is 0 Å². The lowest BCUT2D eigenvalue weighted by molar-refractivity contribution is 0.591. The maximum atomic E-state index is 6.30. The van der Waals surface area contributed by atoms with Gasteiger partial charge >= 0.3 is 0 Å². The quantitative estimate of drug-likeness (QED) is 0.837. The summed E-state index contributed by atoms with van der Waals surface area (Å²) >= 11 is 12.3. The molecule has 0 saturated heterocycles. The van der Waals surface area contributed by atoms with E-state index in [0.29, 0.717) is 5.02 Å². The molecule has 21 heavy (non-hydrogen) atoms. The molecule has 1 nitrogen and oxygen atoms in total. The van der Waals surface area contributed by atoms with E-state index in [0.717, 1.165) is 17.0 Å². The number of hydrogen-bond acceptors (Lipinski definition) is 1. The Kier molecular flexibility index (Phi) is 4.54. The van der Waals surface area contributed by atoms with Crippen LogP contribution in [0.4, 0.5) is 0 Å². The number of aryl methyl sites for hydroxylation is 2.